The Bertz CT molecular complexity index is 805. The molecule has 19 heavy (non-hydrogen) atoms. The summed E-state index contributed by atoms with van der Waals surface area (Å²) in [4.78, 5) is 4.02. The Hall–Kier alpha value is -1.74. The van der Waals surface area contributed by atoms with E-state index in [0.29, 0.717) is 5.56 Å². The summed E-state index contributed by atoms with van der Waals surface area (Å²) < 4.78 is 45.1. The van der Waals surface area contributed by atoms with E-state index in [1.165, 1.54) is 24.3 Å². The fourth-order valence-electron chi connectivity index (χ4n) is 1.39. The van der Waals surface area contributed by atoms with Crippen molar-refractivity contribution in [1.29, 1.82) is 0 Å². The van der Waals surface area contributed by atoms with E-state index < -0.39 is 19.7 Å². The van der Waals surface area contributed by atoms with Crippen LogP contribution >= 0.6 is 0 Å². The molecule has 102 valence electrons. The molecule has 1 N–H and O–H groups in total. The van der Waals surface area contributed by atoms with E-state index in [9.17, 15) is 16.8 Å². The maximum Gasteiger partial charge on any atom is 0.243 e. The molecule has 2 aromatic rings. The van der Waals surface area contributed by atoms with Gasteiger partial charge in [-0.05, 0) is 24.3 Å². The maximum atomic E-state index is 11.3. The fourth-order valence-corrected chi connectivity index (χ4v) is 2.49. The molecule has 0 saturated carbocycles. The topological polar surface area (TPSA) is 110 Å². The summed E-state index contributed by atoms with van der Waals surface area (Å²) in [6, 6.07) is 5.87. The first-order chi connectivity index (χ1) is 8.68. The number of nitrogens with zero attached hydrogens (tertiary/aromatic N) is 2. The van der Waals surface area contributed by atoms with E-state index >= 15 is 0 Å². The number of aromatic nitrogens is 3. The van der Waals surface area contributed by atoms with E-state index in [4.69, 9.17) is 0 Å². The zero-order valence-electron chi connectivity index (χ0n) is 10.2. The summed E-state index contributed by atoms with van der Waals surface area (Å²) in [6.45, 7) is 0. The smallest absolute Gasteiger partial charge is 0.243 e. The number of aromatic amines is 1. The number of nitrogens with one attached hydrogen (secondary N) is 1. The third-order valence-corrected chi connectivity index (χ3v) is 4.37. The van der Waals surface area contributed by atoms with Gasteiger partial charge in [-0.1, -0.05) is 0 Å². The second kappa shape index (κ2) is 4.42. The van der Waals surface area contributed by atoms with E-state index in [1.54, 1.807) is 0 Å². The van der Waals surface area contributed by atoms with Crippen LogP contribution in [0.1, 0.15) is 0 Å². The van der Waals surface area contributed by atoms with Crippen LogP contribution in [0.4, 0.5) is 0 Å². The molecule has 0 bridgehead atoms. The van der Waals surface area contributed by atoms with Gasteiger partial charge in [0.15, 0.2) is 15.7 Å². The highest BCUT2D eigenvalue weighted by molar-refractivity contribution is 7.90. The Balaban J connectivity index is 2.41. The van der Waals surface area contributed by atoms with Gasteiger partial charge >= 0.3 is 0 Å². The number of hydrogen-bond acceptors (Lipinski definition) is 6. The Morgan fingerprint density at radius 1 is 0.947 bits per heavy atom. The lowest BCUT2D eigenvalue weighted by molar-refractivity contribution is 0.593. The van der Waals surface area contributed by atoms with Gasteiger partial charge in [0.25, 0.3) is 0 Å². The molecule has 7 nitrogen and oxygen atoms in total. The van der Waals surface area contributed by atoms with Crippen LogP contribution in [-0.4, -0.2) is 44.5 Å². The van der Waals surface area contributed by atoms with Gasteiger partial charge in [-0.3, -0.25) is 0 Å². The molecule has 1 heterocycles. The van der Waals surface area contributed by atoms with Gasteiger partial charge in [0, 0.05) is 18.1 Å². The van der Waals surface area contributed by atoms with Crippen molar-refractivity contribution in [2.45, 2.75) is 10.1 Å². The standard InChI is InChI=1S/C10H11N3O4S2/c1-18(14,15)8-5-3-7(4-6-8)9-11-10(13-12-9)19(2,16)17/h3-6H,1-2H3,(H,11,12,13). The third kappa shape index (κ3) is 2.99. The molecule has 1 aromatic carbocycles. The summed E-state index contributed by atoms with van der Waals surface area (Å²) in [5, 5.41) is 5.87. The molecule has 9 heteroatoms. The SMILES string of the molecule is CS(=O)(=O)c1ccc(-c2n[nH]c(S(C)(=O)=O)n2)cc1. The van der Waals surface area contributed by atoms with Crippen molar-refractivity contribution in [2.75, 3.05) is 12.5 Å². The Labute approximate surface area is 110 Å². The van der Waals surface area contributed by atoms with Crippen molar-refractivity contribution in [1.82, 2.24) is 15.2 Å². The highest BCUT2D eigenvalue weighted by Crippen LogP contribution is 2.18. The van der Waals surface area contributed by atoms with Crippen molar-refractivity contribution in [3.8, 4) is 11.4 Å². The van der Waals surface area contributed by atoms with Crippen LogP contribution in [-0.2, 0) is 19.7 Å². The van der Waals surface area contributed by atoms with Crippen molar-refractivity contribution < 1.29 is 16.8 Å². The molecule has 0 aliphatic heterocycles. The minimum Gasteiger partial charge on any atom is -0.249 e. The van der Waals surface area contributed by atoms with Crippen LogP contribution in [0, 0.1) is 0 Å². The Morgan fingerprint density at radius 2 is 1.53 bits per heavy atom. The monoisotopic (exact) mass is 301 g/mol. The minimum absolute atomic E-state index is 0.176. The summed E-state index contributed by atoms with van der Waals surface area (Å²) in [7, 11) is -6.71. The molecule has 0 amide bonds. The first-order valence-corrected chi connectivity index (χ1v) is 8.89. The first kappa shape index (κ1) is 13.7. The fraction of sp³-hybridized carbons (Fsp3) is 0.200. The summed E-state index contributed by atoms with van der Waals surface area (Å²) in [5.74, 6) is 0.195. The highest BCUT2D eigenvalue weighted by atomic mass is 32.2. The van der Waals surface area contributed by atoms with E-state index in [-0.39, 0.29) is 15.9 Å². The molecule has 0 radical (unpaired) electrons. The molecule has 0 aliphatic carbocycles. The molecular weight excluding hydrogens is 290 g/mol. The van der Waals surface area contributed by atoms with Crippen LogP contribution in [0.25, 0.3) is 11.4 Å². The van der Waals surface area contributed by atoms with Crippen LogP contribution in [0.5, 0.6) is 0 Å². The molecule has 0 saturated heterocycles. The predicted octanol–water partition coefficient (Wildman–Crippen LogP) is 0.279. The lowest BCUT2D eigenvalue weighted by Crippen LogP contribution is -1.99. The second-order valence-electron chi connectivity index (χ2n) is 4.03. The molecule has 0 atom stereocenters. The maximum absolute atomic E-state index is 11.3. The van der Waals surface area contributed by atoms with Gasteiger partial charge in [0.1, 0.15) is 0 Å². The van der Waals surface area contributed by atoms with E-state index in [0.717, 1.165) is 12.5 Å². The molecule has 0 unspecified atom stereocenters. The van der Waals surface area contributed by atoms with Gasteiger partial charge in [0.2, 0.25) is 15.0 Å². The lowest BCUT2D eigenvalue weighted by Gasteiger charge is -1.99. The van der Waals surface area contributed by atoms with Gasteiger partial charge in [-0.2, -0.15) is 10.1 Å². The van der Waals surface area contributed by atoms with Crippen molar-refractivity contribution in [3.05, 3.63) is 24.3 Å². The van der Waals surface area contributed by atoms with Crippen molar-refractivity contribution in [2.24, 2.45) is 0 Å². The van der Waals surface area contributed by atoms with E-state index in [2.05, 4.69) is 15.2 Å². The number of benzene rings is 1. The zero-order valence-corrected chi connectivity index (χ0v) is 11.8. The molecule has 1 aromatic heterocycles. The molecule has 2 rings (SSSR count). The number of hydrogen-bond donors (Lipinski definition) is 1. The Morgan fingerprint density at radius 3 is 1.95 bits per heavy atom. The van der Waals surface area contributed by atoms with Gasteiger partial charge in [0.05, 0.1) is 4.90 Å². The highest BCUT2D eigenvalue weighted by Gasteiger charge is 2.15. The quantitative estimate of drug-likeness (QED) is 0.872. The average Bonchev–Trinajstić information content (AvgIpc) is 2.77. The largest absolute Gasteiger partial charge is 0.249 e. The van der Waals surface area contributed by atoms with Crippen molar-refractivity contribution in [3.63, 3.8) is 0 Å². The van der Waals surface area contributed by atoms with Crippen LogP contribution < -0.4 is 0 Å². The Kier molecular flexibility index (Phi) is 3.19. The average molecular weight is 301 g/mol. The third-order valence-electron chi connectivity index (χ3n) is 2.36. The van der Waals surface area contributed by atoms with Crippen molar-refractivity contribution >= 4 is 19.7 Å². The van der Waals surface area contributed by atoms with E-state index in [1.807, 2.05) is 0 Å². The predicted molar refractivity (Wildman–Crippen MR) is 68.0 cm³/mol. The molecule has 0 fully saturated rings. The summed E-state index contributed by atoms with van der Waals surface area (Å²) >= 11 is 0. The summed E-state index contributed by atoms with van der Waals surface area (Å²) in [5.41, 5.74) is 0.526. The van der Waals surface area contributed by atoms with Gasteiger partial charge < -0.3 is 0 Å². The lowest BCUT2D eigenvalue weighted by atomic mass is 10.2. The summed E-state index contributed by atoms with van der Waals surface area (Å²) in [6.07, 6.45) is 2.13. The number of H-pyrrole nitrogens is 1. The first-order valence-electron chi connectivity index (χ1n) is 5.11. The van der Waals surface area contributed by atoms with Gasteiger partial charge in [-0.25, -0.2) is 21.9 Å². The van der Waals surface area contributed by atoms with Crippen LogP contribution in [0.3, 0.4) is 0 Å². The van der Waals surface area contributed by atoms with Crippen LogP contribution in [0.15, 0.2) is 34.3 Å². The zero-order chi connectivity index (χ0) is 14.3. The number of sulfone groups is 2. The number of rotatable bonds is 3. The normalized spacial score (nSPS) is 12.5. The molecule has 0 spiro atoms. The minimum atomic E-state index is -3.45. The molecular formula is C10H11N3O4S2. The van der Waals surface area contributed by atoms with Crippen LogP contribution in [0.2, 0.25) is 0 Å². The second-order valence-corrected chi connectivity index (χ2v) is 7.98. The molecule has 0 aliphatic rings. The van der Waals surface area contributed by atoms with Gasteiger partial charge in [-0.15, -0.1) is 0 Å².